The molecule has 1 unspecified atom stereocenters. The van der Waals surface area contributed by atoms with Crippen LogP contribution in [-0.4, -0.2) is 37.5 Å². The third-order valence-corrected chi connectivity index (χ3v) is 20.7. The Morgan fingerprint density at radius 2 is 1.24 bits per heavy atom. The van der Waals surface area contributed by atoms with Gasteiger partial charge < -0.3 is 14.2 Å². The number of rotatable bonds is 6. The lowest BCUT2D eigenvalue weighted by Crippen LogP contribution is -2.38. The van der Waals surface area contributed by atoms with Gasteiger partial charge in [0.2, 0.25) is 0 Å². The van der Waals surface area contributed by atoms with Crippen LogP contribution in [0.25, 0.3) is 60.4 Å². The molecule has 4 aliphatic carbocycles. The van der Waals surface area contributed by atoms with Crippen molar-refractivity contribution in [2.45, 2.75) is 27.0 Å². The van der Waals surface area contributed by atoms with Crippen LogP contribution in [0.15, 0.2) is 208 Å². The first-order valence-electron chi connectivity index (χ1n) is 24.6. The van der Waals surface area contributed by atoms with Gasteiger partial charge in [0.1, 0.15) is 11.2 Å². The first-order chi connectivity index (χ1) is 34.5. The smallest absolute Gasteiger partial charge is 0.140 e. The topological polar surface area (TPSA) is 19.6 Å². The second-order valence-electron chi connectivity index (χ2n) is 21.5. The van der Waals surface area contributed by atoms with Gasteiger partial charge in [-0.15, -0.1) is 11.3 Å². The van der Waals surface area contributed by atoms with Crippen LogP contribution in [0.4, 0.5) is 28.4 Å². The van der Waals surface area contributed by atoms with E-state index in [4.69, 9.17) is 4.42 Å². The molecule has 15 rings (SSSR count). The number of furan rings is 1. The third kappa shape index (κ3) is 5.43. The summed E-state index contributed by atoms with van der Waals surface area (Å²) in [6.45, 7) is 0. The molecule has 1 aliphatic heterocycles. The number of para-hydroxylation sites is 2. The summed E-state index contributed by atoms with van der Waals surface area (Å²) in [7, 11) is -1.88. The summed E-state index contributed by atoms with van der Waals surface area (Å²) in [6, 6.07) is 62.3. The zero-order valence-electron chi connectivity index (χ0n) is 40.7. The molecule has 0 N–H and O–H groups in total. The van der Waals surface area contributed by atoms with E-state index in [0.717, 1.165) is 45.4 Å². The van der Waals surface area contributed by atoms with Gasteiger partial charge in [-0.05, 0) is 178 Å². The fourth-order valence-corrected chi connectivity index (χ4v) is 16.5. The summed E-state index contributed by atoms with van der Waals surface area (Å²) in [5.41, 5.74) is 19.7. The van der Waals surface area contributed by atoms with E-state index in [1.807, 2.05) is 11.3 Å². The molecule has 0 fully saturated rings. The number of fused-ring (bicyclic) bond motifs is 15. The highest BCUT2D eigenvalue weighted by Gasteiger charge is 2.57. The summed E-state index contributed by atoms with van der Waals surface area (Å²) in [5.74, 6) is 0. The number of benzene rings is 8. The molecule has 0 amide bonds. The fraction of sp³-hybridized carbons (Fsp3) is 0.138. The predicted molar refractivity (Wildman–Crippen MR) is 308 cm³/mol. The molecule has 346 valence electrons. The highest BCUT2D eigenvalue weighted by molar-refractivity contribution is 8.32. The zero-order valence-corrected chi connectivity index (χ0v) is 43.2. The summed E-state index contributed by atoms with van der Waals surface area (Å²) in [5, 5.41) is 3.61. The first-order valence-corrected chi connectivity index (χ1v) is 31.1. The van der Waals surface area contributed by atoms with E-state index in [1.165, 1.54) is 91.9 Å². The largest absolute Gasteiger partial charge is 0.456 e. The fourth-order valence-electron chi connectivity index (χ4n) is 13.2. The molecule has 2 spiro atoms. The Labute approximate surface area is 422 Å². The maximum atomic E-state index is 7.44. The number of allylic oxidation sites excluding steroid dienone is 4. The van der Waals surface area contributed by atoms with Gasteiger partial charge in [-0.25, -0.2) is 20.1 Å². The van der Waals surface area contributed by atoms with Crippen LogP contribution in [0.1, 0.15) is 39.1 Å². The van der Waals surface area contributed by atoms with E-state index in [0.29, 0.717) is 0 Å². The van der Waals surface area contributed by atoms with Gasteiger partial charge in [0.15, 0.2) is 0 Å². The zero-order chi connectivity index (χ0) is 47.8. The van der Waals surface area contributed by atoms with Crippen molar-refractivity contribution in [1.29, 1.82) is 0 Å². The van der Waals surface area contributed by atoms with Crippen LogP contribution in [0, 0.1) is 0 Å². The molecule has 6 heteroatoms. The van der Waals surface area contributed by atoms with E-state index in [-0.39, 0.29) is 5.41 Å². The van der Waals surface area contributed by atoms with Crippen LogP contribution in [-0.2, 0) is 10.8 Å². The quantitative estimate of drug-likeness (QED) is 0.166. The van der Waals surface area contributed by atoms with Gasteiger partial charge in [0, 0.05) is 65.2 Å². The lowest BCUT2D eigenvalue weighted by atomic mass is 9.68. The molecule has 1 atom stereocenters. The van der Waals surface area contributed by atoms with E-state index >= 15 is 0 Å². The van der Waals surface area contributed by atoms with Crippen LogP contribution in [0.3, 0.4) is 0 Å². The van der Waals surface area contributed by atoms with Gasteiger partial charge in [-0.1, -0.05) is 103 Å². The van der Waals surface area contributed by atoms with Crippen LogP contribution in [0.5, 0.6) is 0 Å². The first kappa shape index (κ1) is 41.8. The molecular formula is C65H52N2OS3. The summed E-state index contributed by atoms with van der Waals surface area (Å²) < 4.78 is 8.78. The lowest BCUT2D eigenvalue weighted by Gasteiger charge is -2.44. The Bertz CT molecular complexity index is 4000. The molecule has 5 aliphatic rings. The van der Waals surface area contributed by atoms with E-state index < -0.39 is 25.5 Å². The average molecular weight is 973 g/mol. The highest BCUT2D eigenvalue weighted by Crippen LogP contribution is 2.71. The predicted octanol–water partition coefficient (Wildman–Crippen LogP) is 18.0. The van der Waals surface area contributed by atoms with Crippen LogP contribution in [0.2, 0.25) is 0 Å². The standard InChI is InChI=1S/C65H52N2OS3/c1-70(2,3)43-32-28-41(29-33-43)66(40-18-8-7-9-19-40)52-38-48-47-22-12-15-25-54(47)68-62(48)61-58(52)57-51(65(61)49-23-13-10-20-45(49)46-21-11-14-24-50(46)65)39-53-59-60-55(69-63(57)59)26-16-36-64(60)37-17-27-56(64)67(53)42-30-34-44(35-31-42)71(4,5)6/h7-35,37-39H,36H2,1-6H3. The molecule has 0 saturated heterocycles. The van der Waals surface area contributed by atoms with Gasteiger partial charge in [0.25, 0.3) is 0 Å². The maximum Gasteiger partial charge on any atom is 0.140 e. The molecule has 71 heavy (non-hydrogen) atoms. The van der Waals surface area contributed by atoms with Gasteiger partial charge in [-0.2, -0.15) is 0 Å². The van der Waals surface area contributed by atoms with Crippen molar-refractivity contribution in [2.24, 2.45) is 0 Å². The van der Waals surface area contributed by atoms with Gasteiger partial charge in [0.05, 0.1) is 22.2 Å². The number of hydrogen-bond acceptors (Lipinski definition) is 4. The number of nitrogens with zero attached hydrogens (tertiary/aromatic N) is 2. The molecule has 10 aromatic rings. The SMILES string of the molecule is CS(C)(C)c1ccc(N2C3=CC=CC34CC=Cc3sc5c6c(cc2c5c34)C2(c3ccccc3-c3ccccc32)c2c-6c(N(c3ccccc3)c3ccc(S(C)(C)C)cc3)cc3c2oc2ccccc23)cc1. The third-order valence-electron chi connectivity index (χ3n) is 16.2. The number of anilines is 5. The molecule has 0 bridgehead atoms. The van der Waals surface area contributed by atoms with Crippen molar-refractivity contribution in [2.75, 3.05) is 47.3 Å². The second kappa shape index (κ2) is 14.3. The van der Waals surface area contributed by atoms with E-state index in [9.17, 15) is 0 Å². The lowest BCUT2D eigenvalue weighted by molar-refractivity contribution is 0.629. The highest BCUT2D eigenvalue weighted by atomic mass is 32.3. The normalized spacial score (nSPS) is 17.9. The van der Waals surface area contributed by atoms with Crippen molar-refractivity contribution < 1.29 is 4.42 Å². The van der Waals surface area contributed by atoms with Crippen molar-refractivity contribution in [1.82, 2.24) is 0 Å². The van der Waals surface area contributed by atoms with Crippen molar-refractivity contribution in [3.05, 3.63) is 226 Å². The van der Waals surface area contributed by atoms with Gasteiger partial charge in [-0.3, -0.25) is 0 Å². The molecule has 0 radical (unpaired) electrons. The second-order valence-corrected chi connectivity index (χ2v) is 30.8. The van der Waals surface area contributed by atoms with Crippen LogP contribution >= 0.6 is 31.4 Å². The molecule has 3 heterocycles. The van der Waals surface area contributed by atoms with E-state index in [1.54, 1.807) is 0 Å². The summed E-state index contributed by atoms with van der Waals surface area (Å²) >= 11 is 1.99. The monoisotopic (exact) mass is 972 g/mol. The minimum Gasteiger partial charge on any atom is -0.456 e. The Kier molecular flexibility index (Phi) is 8.44. The van der Waals surface area contributed by atoms with E-state index in [2.05, 4.69) is 242 Å². The Morgan fingerprint density at radius 1 is 0.606 bits per heavy atom. The molecule has 0 saturated carbocycles. The Hall–Kier alpha value is -6.96. The number of thiophene rings is 1. The summed E-state index contributed by atoms with van der Waals surface area (Å²) in [6.07, 6.45) is 27.3. The molecule has 8 aromatic carbocycles. The Morgan fingerprint density at radius 3 is 1.94 bits per heavy atom. The van der Waals surface area contributed by atoms with Crippen LogP contribution < -0.4 is 9.80 Å². The average Bonchev–Trinajstić information content (AvgIpc) is 4.20. The molecular weight excluding hydrogens is 921 g/mol. The minimum atomic E-state index is -0.958. The number of hydrogen-bond donors (Lipinski definition) is 0. The minimum absolute atomic E-state index is 0.276. The summed E-state index contributed by atoms with van der Waals surface area (Å²) in [4.78, 5) is 9.35. The van der Waals surface area contributed by atoms with Crippen molar-refractivity contribution in [3.63, 3.8) is 0 Å². The maximum absolute atomic E-state index is 7.44. The molecule has 2 aromatic heterocycles. The Balaban J connectivity index is 1.16. The van der Waals surface area contributed by atoms with Crippen molar-refractivity contribution in [3.8, 4) is 22.3 Å². The molecule has 3 nitrogen and oxygen atoms in total. The van der Waals surface area contributed by atoms with Crippen molar-refractivity contribution >= 4 is 97.9 Å². The van der Waals surface area contributed by atoms with Gasteiger partial charge >= 0.3 is 0 Å².